The van der Waals surface area contributed by atoms with Crippen LogP contribution in [0.25, 0.3) is 0 Å². The second kappa shape index (κ2) is 6.40. The second-order valence-corrected chi connectivity index (χ2v) is 5.42. The number of nitrogens with zero attached hydrogens (tertiary/aromatic N) is 1. The van der Waals surface area contributed by atoms with Gasteiger partial charge in [-0.1, -0.05) is 6.07 Å². The summed E-state index contributed by atoms with van der Waals surface area (Å²) in [6.07, 6.45) is 1.23. The van der Waals surface area contributed by atoms with Crippen molar-refractivity contribution >= 4 is 0 Å². The third-order valence-electron chi connectivity index (χ3n) is 4.37. The molecule has 1 heterocycles. The number of ether oxygens (including phenoxy) is 1. The van der Waals surface area contributed by atoms with Gasteiger partial charge in [0.15, 0.2) is 0 Å². The van der Waals surface area contributed by atoms with Gasteiger partial charge in [0.1, 0.15) is 5.75 Å². The van der Waals surface area contributed by atoms with Crippen molar-refractivity contribution in [1.29, 1.82) is 0 Å². The van der Waals surface area contributed by atoms with Crippen molar-refractivity contribution in [2.45, 2.75) is 33.2 Å². The predicted molar refractivity (Wildman–Crippen MR) is 79.9 cm³/mol. The van der Waals surface area contributed by atoms with Gasteiger partial charge in [0, 0.05) is 19.1 Å². The van der Waals surface area contributed by atoms with E-state index in [1.54, 1.807) is 7.11 Å². The molecule has 1 saturated heterocycles. The summed E-state index contributed by atoms with van der Waals surface area (Å²) in [6.45, 7) is 11.2. The Morgan fingerprint density at radius 1 is 1.16 bits per heavy atom. The average Bonchev–Trinajstić information content (AvgIpc) is 2.70. The molecule has 19 heavy (non-hydrogen) atoms. The molecule has 1 aromatic carbocycles. The van der Waals surface area contributed by atoms with Crippen LogP contribution in [0.5, 0.6) is 5.75 Å². The van der Waals surface area contributed by atoms with E-state index in [2.05, 4.69) is 43.1 Å². The lowest BCUT2D eigenvalue weighted by molar-refractivity contribution is 0.224. The van der Waals surface area contributed by atoms with Gasteiger partial charge in [0.2, 0.25) is 0 Å². The molecular weight excluding hydrogens is 236 g/mol. The third kappa shape index (κ3) is 3.10. The SMILES string of the molecule is COc1ccc(C(C)N2CCCNCC2)c(C)c1C. The summed E-state index contributed by atoms with van der Waals surface area (Å²) in [4.78, 5) is 2.58. The van der Waals surface area contributed by atoms with E-state index in [4.69, 9.17) is 4.74 Å². The smallest absolute Gasteiger partial charge is 0.122 e. The lowest BCUT2D eigenvalue weighted by atomic mass is 9.96. The van der Waals surface area contributed by atoms with Crippen LogP contribution in [-0.2, 0) is 0 Å². The van der Waals surface area contributed by atoms with Gasteiger partial charge in [-0.25, -0.2) is 0 Å². The number of methoxy groups -OCH3 is 1. The highest BCUT2D eigenvalue weighted by Gasteiger charge is 2.19. The van der Waals surface area contributed by atoms with E-state index in [-0.39, 0.29) is 0 Å². The van der Waals surface area contributed by atoms with Gasteiger partial charge in [-0.15, -0.1) is 0 Å². The van der Waals surface area contributed by atoms with Crippen LogP contribution in [0.15, 0.2) is 12.1 Å². The summed E-state index contributed by atoms with van der Waals surface area (Å²) < 4.78 is 5.40. The summed E-state index contributed by atoms with van der Waals surface area (Å²) in [5.74, 6) is 0.992. The molecule has 1 N–H and O–H groups in total. The van der Waals surface area contributed by atoms with Gasteiger partial charge in [-0.2, -0.15) is 0 Å². The Hall–Kier alpha value is -1.06. The molecule has 0 radical (unpaired) electrons. The number of rotatable bonds is 3. The molecule has 1 atom stereocenters. The Morgan fingerprint density at radius 2 is 1.95 bits per heavy atom. The van der Waals surface area contributed by atoms with Crippen molar-refractivity contribution in [2.24, 2.45) is 0 Å². The molecule has 0 aliphatic carbocycles. The van der Waals surface area contributed by atoms with E-state index >= 15 is 0 Å². The zero-order valence-electron chi connectivity index (χ0n) is 12.6. The number of hydrogen-bond acceptors (Lipinski definition) is 3. The molecule has 1 aromatic rings. The molecule has 0 spiro atoms. The summed E-state index contributed by atoms with van der Waals surface area (Å²) >= 11 is 0. The van der Waals surface area contributed by atoms with Crippen LogP contribution in [0.2, 0.25) is 0 Å². The minimum Gasteiger partial charge on any atom is -0.496 e. The minimum absolute atomic E-state index is 0.476. The lowest BCUT2D eigenvalue weighted by Crippen LogP contribution is -2.31. The number of benzene rings is 1. The standard InChI is InChI=1S/C16H26N2O/c1-12-13(2)16(19-4)7-6-15(12)14(3)18-10-5-8-17-9-11-18/h6-7,14,17H,5,8-11H2,1-4H3. The Balaban J connectivity index is 2.22. The fourth-order valence-electron chi connectivity index (χ4n) is 2.94. The minimum atomic E-state index is 0.476. The zero-order valence-corrected chi connectivity index (χ0v) is 12.6. The molecule has 0 aromatic heterocycles. The topological polar surface area (TPSA) is 24.5 Å². The molecule has 3 nitrogen and oxygen atoms in total. The number of hydrogen-bond donors (Lipinski definition) is 1. The molecular formula is C16H26N2O. The first-order valence-electron chi connectivity index (χ1n) is 7.24. The van der Waals surface area contributed by atoms with Gasteiger partial charge in [0.05, 0.1) is 7.11 Å². The first-order chi connectivity index (χ1) is 9.15. The van der Waals surface area contributed by atoms with Crippen LogP contribution in [-0.4, -0.2) is 38.2 Å². The van der Waals surface area contributed by atoms with Crippen LogP contribution >= 0.6 is 0 Å². The molecule has 3 heteroatoms. The van der Waals surface area contributed by atoms with Crippen LogP contribution < -0.4 is 10.1 Å². The van der Waals surface area contributed by atoms with E-state index in [1.807, 2.05) is 0 Å². The van der Waals surface area contributed by atoms with Crippen molar-refractivity contribution in [2.75, 3.05) is 33.3 Å². The second-order valence-electron chi connectivity index (χ2n) is 5.42. The number of nitrogens with one attached hydrogen (secondary N) is 1. The Bertz CT molecular complexity index is 423. The van der Waals surface area contributed by atoms with Crippen LogP contribution in [0.1, 0.15) is 36.1 Å². The maximum atomic E-state index is 5.40. The molecule has 2 rings (SSSR count). The van der Waals surface area contributed by atoms with Gasteiger partial charge >= 0.3 is 0 Å². The highest BCUT2D eigenvalue weighted by atomic mass is 16.5. The average molecular weight is 262 g/mol. The summed E-state index contributed by atoms with van der Waals surface area (Å²) in [5, 5.41) is 3.47. The van der Waals surface area contributed by atoms with Gasteiger partial charge in [-0.3, -0.25) is 4.90 Å². The maximum absolute atomic E-state index is 5.40. The van der Waals surface area contributed by atoms with Crippen molar-refractivity contribution in [3.8, 4) is 5.75 Å². The lowest BCUT2D eigenvalue weighted by Gasteiger charge is -2.29. The van der Waals surface area contributed by atoms with E-state index in [1.165, 1.54) is 29.7 Å². The largest absolute Gasteiger partial charge is 0.496 e. The van der Waals surface area contributed by atoms with Gasteiger partial charge in [0.25, 0.3) is 0 Å². The van der Waals surface area contributed by atoms with E-state index in [0.29, 0.717) is 6.04 Å². The summed E-state index contributed by atoms with van der Waals surface area (Å²) in [7, 11) is 1.74. The molecule has 0 amide bonds. The molecule has 1 unspecified atom stereocenters. The molecule has 106 valence electrons. The van der Waals surface area contributed by atoms with Gasteiger partial charge < -0.3 is 10.1 Å². The quantitative estimate of drug-likeness (QED) is 0.906. The van der Waals surface area contributed by atoms with Crippen LogP contribution in [0.3, 0.4) is 0 Å². The Kier molecular flexibility index (Phi) is 4.83. The van der Waals surface area contributed by atoms with Gasteiger partial charge in [-0.05, 0) is 63.0 Å². The first-order valence-corrected chi connectivity index (χ1v) is 7.24. The molecule has 1 fully saturated rings. The predicted octanol–water partition coefficient (Wildman–Crippen LogP) is 2.67. The van der Waals surface area contributed by atoms with Crippen LogP contribution in [0.4, 0.5) is 0 Å². The van der Waals surface area contributed by atoms with Crippen LogP contribution in [0, 0.1) is 13.8 Å². The van der Waals surface area contributed by atoms with Crippen molar-refractivity contribution in [3.05, 3.63) is 28.8 Å². The Morgan fingerprint density at radius 3 is 2.68 bits per heavy atom. The zero-order chi connectivity index (χ0) is 13.8. The maximum Gasteiger partial charge on any atom is 0.122 e. The molecule has 0 bridgehead atoms. The monoisotopic (exact) mass is 262 g/mol. The summed E-state index contributed by atoms with van der Waals surface area (Å²) in [6, 6.07) is 4.80. The first kappa shape index (κ1) is 14.4. The van der Waals surface area contributed by atoms with E-state index in [9.17, 15) is 0 Å². The fourth-order valence-corrected chi connectivity index (χ4v) is 2.94. The fraction of sp³-hybridized carbons (Fsp3) is 0.625. The molecule has 1 aliphatic heterocycles. The third-order valence-corrected chi connectivity index (χ3v) is 4.37. The molecule has 0 saturated carbocycles. The summed E-state index contributed by atoms with van der Waals surface area (Å²) in [5.41, 5.74) is 4.06. The van der Waals surface area contributed by atoms with Crippen molar-refractivity contribution in [1.82, 2.24) is 10.2 Å². The van der Waals surface area contributed by atoms with E-state index < -0.39 is 0 Å². The highest BCUT2D eigenvalue weighted by Crippen LogP contribution is 2.30. The molecule has 1 aliphatic rings. The Labute approximate surface area is 116 Å². The highest BCUT2D eigenvalue weighted by molar-refractivity contribution is 5.44. The van der Waals surface area contributed by atoms with Crippen molar-refractivity contribution < 1.29 is 4.74 Å². The van der Waals surface area contributed by atoms with E-state index in [0.717, 1.165) is 25.4 Å². The van der Waals surface area contributed by atoms with Crippen molar-refractivity contribution in [3.63, 3.8) is 0 Å². The normalized spacial score (nSPS) is 18.9.